The van der Waals surface area contributed by atoms with E-state index in [1.807, 2.05) is 30.3 Å². The first-order valence-corrected chi connectivity index (χ1v) is 14.7. The van der Waals surface area contributed by atoms with E-state index in [0.717, 1.165) is 17.5 Å². The molecule has 0 saturated carbocycles. The van der Waals surface area contributed by atoms with Gasteiger partial charge in [0.1, 0.15) is 28.8 Å². The molecule has 1 aromatic heterocycles. The van der Waals surface area contributed by atoms with Gasteiger partial charge in [0.15, 0.2) is 5.82 Å². The Kier molecular flexibility index (Phi) is 11.5. The van der Waals surface area contributed by atoms with Crippen LogP contribution in [0.15, 0.2) is 67.0 Å². The van der Waals surface area contributed by atoms with E-state index in [2.05, 4.69) is 20.9 Å². The minimum Gasteiger partial charge on any atom is -0.480 e. The molecule has 0 aliphatic rings. The molecular weight excluding hydrogens is 586 g/mol. The van der Waals surface area contributed by atoms with E-state index in [-0.39, 0.29) is 19.0 Å². The van der Waals surface area contributed by atoms with E-state index in [9.17, 15) is 24.3 Å². The second-order valence-corrected chi connectivity index (χ2v) is 12.6. The van der Waals surface area contributed by atoms with Crippen LogP contribution in [0.4, 0.5) is 10.6 Å². The molecule has 2 atom stereocenters. The van der Waals surface area contributed by atoms with Crippen molar-refractivity contribution in [1.82, 2.24) is 19.6 Å². The molecule has 236 valence electrons. The predicted octanol–water partition coefficient (Wildman–Crippen LogP) is 4.46. The van der Waals surface area contributed by atoms with Crippen LogP contribution in [0.3, 0.4) is 0 Å². The highest BCUT2D eigenvalue weighted by Gasteiger charge is 2.35. The molecule has 0 radical (unpaired) electrons. The minimum atomic E-state index is -1.43. The summed E-state index contributed by atoms with van der Waals surface area (Å²) in [5.74, 6) is -2.10. The van der Waals surface area contributed by atoms with Gasteiger partial charge < -0.3 is 30.5 Å². The summed E-state index contributed by atoms with van der Waals surface area (Å²) >= 11 is 1.02. The maximum absolute atomic E-state index is 13.5. The number of nitrogens with one attached hydrogen (secondary N) is 3. The summed E-state index contributed by atoms with van der Waals surface area (Å²) in [6.07, 6.45) is 0.634. The van der Waals surface area contributed by atoms with Crippen molar-refractivity contribution in [2.24, 2.45) is 0 Å². The molecule has 12 nitrogen and oxygen atoms in total. The molecule has 3 aromatic rings. The van der Waals surface area contributed by atoms with E-state index in [4.69, 9.17) is 9.47 Å². The van der Waals surface area contributed by atoms with Gasteiger partial charge in [-0.25, -0.2) is 9.78 Å². The second kappa shape index (κ2) is 14.9. The van der Waals surface area contributed by atoms with Gasteiger partial charge in [-0.05, 0) is 64.6 Å². The highest BCUT2D eigenvalue weighted by Crippen LogP contribution is 2.32. The standard InChI is InChI=1S/C31H39N5O7S/c1-20-25(32-19-36(20)44-24(27(38)39)22-15-11-8-12-16-22)34-26(37)23(18-42-17-21-13-9-7-10-14-21)33-28(40)31(5,6)35-29(41)43-30(2,3)4/h7-16,19,23-24H,17-18H2,1-6H3,(H,33,40)(H,34,37)(H,35,41)(H,38,39)/t23-,24?/m1/s1. The number of hydrogen-bond donors (Lipinski definition) is 4. The number of benzene rings is 2. The molecule has 44 heavy (non-hydrogen) atoms. The number of carboxylic acid groups (broad SMARTS) is 1. The van der Waals surface area contributed by atoms with Gasteiger partial charge in [0, 0.05) is 0 Å². The van der Waals surface area contributed by atoms with Crippen LogP contribution in [0, 0.1) is 6.92 Å². The molecule has 1 heterocycles. The number of anilines is 1. The van der Waals surface area contributed by atoms with Crippen LogP contribution in [0.2, 0.25) is 0 Å². The lowest BCUT2D eigenvalue weighted by molar-refractivity contribution is -0.136. The Morgan fingerprint density at radius 3 is 2.18 bits per heavy atom. The van der Waals surface area contributed by atoms with Crippen LogP contribution >= 0.6 is 11.9 Å². The quantitative estimate of drug-likeness (QED) is 0.215. The fraction of sp³-hybridized carbons (Fsp3) is 0.387. The highest BCUT2D eigenvalue weighted by atomic mass is 32.2. The molecule has 2 aromatic carbocycles. The maximum Gasteiger partial charge on any atom is 0.408 e. The van der Waals surface area contributed by atoms with E-state index in [1.54, 1.807) is 62.0 Å². The van der Waals surface area contributed by atoms with Crippen LogP contribution in [-0.4, -0.2) is 61.7 Å². The summed E-state index contributed by atoms with van der Waals surface area (Å²) in [5, 5.41) is 16.8. The number of aliphatic carboxylic acids is 1. The highest BCUT2D eigenvalue weighted by molar-refractivity contribution is 7.98. The van der Waals surface area contributed by atoms with Crippen molar-refractivity contribution in [2.75, 3.05) is 11.9 Å². The first kappa shape index (κ1) is 34.1. The number of rotatable bonds is 13. The second-order valence-electron chi connectivity index (χ2n) is 11.5. The lowest BCUT2D eigenvalue weighted by Gasteiger charge is -2.29. The number of carbonyl (C=O) groups excluding carboxylic acids is 3. The van der Waals surface area contributed by atoms with Crippen molar-refractivity contribution in [3.8, 4) is 0 Å². The van der Waals surface area contributed by atoms with E-state index in [0.29, 0.717) is 11.3 Å². The number of carboxylic acids is 1. The molecular formula is C31H39N5O7S. The van der Waals surface area contributed by atoms with Gasteiger partial charge in [0.2, 0.25) is 5.91 Å². The largest absolute Gasteiger partial charge is 0.480 e. The fourth-order valence-electron chi connectivity index (χ4n) is 3.82. The lowest BCUT2D eigenvalue weighted by atomic mass is 10.0. The van der Waals surface area contributed by atoms with Gasteiger partial charge in [-0.1, -0.05) is 60.7 Å². The average Bonchev–Trinajstić information content (AvgIpc) is 3.28. The van der Waals surface area contributed by atoms with Gasteiger partial charge in [0.05, 0.1) is 18.9 Å². The number of ether oxygens (including phenoxy) is 2. The molecule has 0 saturated heterocycles. The van der Waals surface area contributed by atoms with E-state index >= 15 is 0 Å². The van der Waals surface area contributed by atoms with Crippen LogP contribution in [-0.2, 0) is 30.5 Å². The third-order valence-electron chi connectivity index (χ3n) is 6.15. The predicted molar refractivity (Wildman–Crippen MR) is 167 cm³/mol. The van der Waals surface area contributed by atoms with Crippen molar-refractivity contribution in [3.63, 3.8) is 0 Å². The Hall–Kier alpha value is -4.36. The smallest absolute Gasteiger partial charge is 0.408 e. The summed E-state index contributed by atoms with van der Waals surface area (Å²) in [6.45, 7) is 9.79. The molecule has 0 aliphatic carbocycles. The maximum atomic E-state index is 13.5. The molecule has 1 unspecified atom stereocenters. The number of amides is 3. The van der Waals surface area contributed by atoms with Gasteiger partial charge >= 0.3 is 12.1 Å². The summed E-state index contributed by atoms with van der Waals surface area (Å²) in [6, 6.07) is 16.9. The number of alkyl carbamates (subject to hydrolysis) is 1. The molecule has 3 rings (SSSR count). The summed E-state index contributed by atoms with van der Waals surface area (Å²) in [4.78, 5) is 55.3. The Bertz CT molecular complexity index is 1440. The molecule has 0 fully saturated rings. The summed E-state index contributed by atoms with van der Waals surface area (Å²) in [5.41, 5.74) is -0.229. The number of hydrogen-bond acceptors (Lipinski definition) is 8. The summed E-state index contributed by atoms with van der Waals surface area (Å²) < 4.78 is 12.6. The van der Waals surface area contributed by atoms with Crippen LogP contribution in [0.25, 0.3) is 0 Å². The summed E-state index contributed by atoms with van der Waals surface area (Å²) in [7, 11) is 0. The zero-order chi connectivity index (χ0) is 32.5. The van der Waals surface area contributed by atoms with Crippen LogP contribution < -0.4 is 16.0 Å². The Balaban J connectivity index is 1.75. The zero-order valence-electron chi connectivity index (χ0n) is 25.6. The van der Waals surface area contributed by atoms with Crippen molar-refractivity contribution in [3.05, 3.63) is 83.8 Å². The van der Waals surface area contributed by atoms with Crippen molar-refractivity contribution in [2.45, 2.75) is 70.6 Å². The Morgan fingerprint density at radius 2 is 1.59 bits per heavy atom. The molecule has 4 N–H and O–H groups in total. The topological polar surface area (TPSA) is 161 Å². The van der Waals surface area contributed by atoms with Crippen molar-refractivity contribution in [1.29, 1.82) is 0 Å². The van der Waals surface area contributed by atoms with E-state index < -0.39 is 46.3 Å². The zero-order valence-corrected chi connectivity index (χ0v) is 26.4. The third kappa shape index (κ3) is 10.1. The molecule has 3 amide bonds. The monoisotopic (exact) mass is 625 g/mol. The SMILES string of the molecule is Cc1c(NC(=O)[C@@H](COCc2ccccc2)NC(=O)C(C)(C)NC(=O)OC(C)(C)C)ncn1SC(C(=O)O)c1ccccc1. The van der Waals surface area contributed by atoms with E-state index in [1.165, 1.54) is 20.2 Å². The number of nitrogens with zero attached hydrogens (tertiary/aromatic N) is 2. The molecule has 0 spiro atoms. The van der Waals surface area contributed by atoms with Gasteiger partial charge in [-0.3, -0.25) is 18.4 Å². The number of carbonyl (C=O) groups is 4. The third-order valence-corrected chi connectivity index (χ3v) is 7.43. The molecule has 0 bridgehead atoms. The van der Waals surface area contributed by atoms with Crippen molar-refractivity contribution < 1.29 is 33.8 Å². The van der Waals surface area contributed by atoms with Gasteiger partial charge in [0.25, 0.3) is 5.91 Å². The van der Waals surface area contributed by atoms with Crippen LogP contribution in [0.1, 0.15) is 56.7 Å². The minimum absolute atomic E-state index is 0.182. The van der Waals surface area contributed by atoms with Crippen molar-refractivity contribution >= 4 is 41.6 Å². The van der Waals surface area contributed by atoms with Gasteiger partial charge in [-0.2, -0.15) is 0 Å². The number of aromatic nitrogens is 2. The molecule has 0 aliphatic heterocycles. The molecule has 13 heteroatoms. The Morgan fingerprint density at radius 1 is 0.977 bits per heavy atom. The average molecular weight is 626 g/mol. The first-order valence-electron chi connectivity index (χ1n) is 13.9. The lowest BCUT2D eigenvalue weighted by Crippen LogP contribution is -2.59. The fourth-order valence-corrected chi connectivity index (χ4v) is 4.77. The van der Waals surface area contributed by atoms with Gasteiger partial charge in [-0.15, -0.1) is 0 Å². The number of imidazole rings is 1. The Labute approximate surface area is 261 Å². The van der Waals surface area contributed by atoms with Crippen LogP contribution in [0.5, 0.6) is 0 Å². The normalized spacial score (nSPS) is 13.0. The first-order chi connectivity index (χ1) is 20.7.